The van der Waals surface area contributed by atoms with Gasteiger partial charge in [-0.05, 0) is 49.6 Å². The number of carbonyl (C=O) groups is 1. The minimum absolute atomic E-state index is 0.0220. The van der Waals surface area contributed by atoms with Gasteiger partial charge in [-0.15, -0.1) is 0 Å². The fraction of sp³-hybridized carbons (Fsp3) is 0.333. The van der Waals surface area contributed by atoms with Gasteiger partial charge in [-0.25, -0.2) is 9.18 Å². The molecule has 0 bridgehead atoms. The molecule has 0 spiro atoms. The summed E-state index contributed by atoms with van der Waals surface area (Å²) in [6.45, 7) is 1.62. The van der Waals surface area contributed by atoms with Crippen molar-refractivity contribution in [2.24, 2.45) is 5.73 Å². The van der Waals surface area contributed by atoms with E-state index in [1.807, 2.05) is 0 Å². The quantitative estimate of drug-likeness (QED) is 0.578. The first-order chi connectivity index (χ1) is 13.1. The molecular formula is C18H20F4N4O2. The molecule has 28 heavy (non-hydrogen) atoms. The van der Waals surface area contributed by atoms with Gasteiger partial charge in [-0.1, -0.05) is 0 Å². The topological polar surface area (TPSA) is 100 Å². The summed E-state index contributed by atoms with van der Waals surface area (Å²) in [5.41, 5.74) is 5.09. The zero-order valence-electron chi connectivity index (χ0n) is 15.0. The van der Waals surface area contributed by atoms with Crippen molar-refractivity contribution in [1.29, 1.82) is 0 Å². The van der Waals surface area contributed by atoms with Crippen LogP contribution in [0.4, 0.5) is 33.7 Å². The molecule has 0 aliphatic heterocycles. The second-order valence-electron chi connectivity index (χ2n) is 6.30. The molecule has 1 aliphatic rings. The van der Waals surface area contributed by atoms with Gasteiger partial charge in [0.15, 0.2) is 0 Å². The zero-order valence-corrected chi connectivity index (χ0v) is 15.0. The van der Waals surface area contributed by atoms with Crippen LogP contribution in [0.3, 0.4) is 0 Å². The fourth-order valence-electron chi connectivity index (χ4n) is 2.13. The molecule has 0 saturated heterocycles. The molecule has 5 N–H and O–H groups in total. The lowest BCUT2D eigenvalue weighted by Gasteiger charge is -2.15. The molecule has 2 aromatic rings. The summed E-state index contributed by atoms with van der Waals surface area (Å²) in [5, 5.41) is 13.3. The first kappa shape index (κ1) is 21.4. The lowest BCUT2D eigenvalue weighted by molar-refractivity contribution is -0.137. The standard InChI is InChI=1S/C15H13F4N3O2.C3H7N/c1-8-4-10(6-20-13(8)7-21-14(23)24)22-12-3-2-9(16)5-11(12)15(17,18)19;4-3-1-2-3/h2-6,21-22H,7H2,1H3,(H,23,24);3H,1-2,4H2. The Morgan fingerprint density at radius 3 is 2.46 bits per heavy atom. The van der Waals surface area contributed by atoms with Crippen LogP contribution in [0.5, 0.6) is 0 Å². The Kier molecular flexibility index (Phi) is 6.79. The second kappa shape index (κ2) is 8.87. The van der Waals surface area contributed by atoms with Crippen LogP contribution in [0.1, 0.15) is 29.7 Å². The van der Waals surface area contributed by atoms with Crippen molar-refractivity contribution in [2.45, 2.75) is 38.5 Å². The van der Waals surface area contributed by atoms with Crippen molar-refractivity contribution in [2.75, 3.05) is 5.32 Å². The number of rotatable bonds is 4. The van der Waals surface area contributed by atoms with Crippen molar-refractivity contribution >= 4 is 17.5 Å². The highest BCUT2D eigenvalue weighted by molar-refractivity contribution is 5.65. The number of hydrogen-bond acceptors (Lipinski definition) is 4. The van der Waals surface area contributed by atoms with Crippen LogP contribution in [0.15, 0.2) is 30.5 Å². The Hall–Kier alpha value is -2.88. The average Bonchev–Trinajstić information content (AvgIpc) is 3.37. The summed E-state index contributed by atoms with van der Waals surface area (Å²) in [6.07, 6.45) is -2.12. The van der Waals surface area contributed by atoms with Crippen LogP contribution in [0.2, 0.25) is 0 Å². The molecule has 1 amide bonds. The molecule has 1 aromatic heterocycles. The van der Waals surface area contributed by atoms with Crippen molar-refractivity contribution in [3.63, 3.8) is 0 Å². The van der Waals surface area contributed by atoms with E-state index in [1.54, 1.807) is 6.92 Å². The van der Waals surface area contributed by atoms with E-state index in [1.165, 1.54) is 25.1 Å². The van der Waals surface area contributed by atoms with Gasteiger partial charge < -0.3 is 21.5 Å². The third-order valence-electron chi connectivity index (χ3n) is 3.78. The number of nitrogens with zero attached hydrogens (tertiary/aromatic N) is 1. The number of aromatic nitrogens is 1. The van der Waals surface area contributed by atoms with Crippen LogP contribution in [-0.2, 0) is 12.7 Å². The first-order valence-electron chi connectivity index (χ1n) is 8.38. The van der Waals surface area contributed by atoms with Crippen LogP contribution < -0.4 is 16.4 Å². The summed E-state index contributed by atoms with van der Waals surface area (Å²) in [4.78, 5) is 14.5. The Morgan fingerprint density at radius 2 is 1.96 bits per heavy atom. The molecule has 10 heteroatoms. The highest BCUT2D eigenvalue weighted by Crippen LogP contribution is 2.36. The highest BCUT2D eigenvalue weighted by atomic mass is 19.4. The van der Waals surface area contributed by atoms with Crippen LogP contribution in [0, 0.1) is 12.7 Å². The van der Waals surface area contributed by atoms with E-state index in [0.29, 0.717) is 23.4 Å². The van der Waals surface area contributed by atoms with Gasteiger partial charge in [0.2, 0.25) is 0 Å². The molecule has 0 unspecified atom stereocenters. The third-order valence-corrected chi connectivity index (χ3v) is 3.78. The van der Waals surface area contributed by atoms with E-state index in [2.05, 4.69) is 15.6 Å². The Morgan fingerprint density at radius 1 is 1.32 bits per heavy atom. The largest absolute Gasteiger partial charge is 0.465 e. The van der Waals surface area contributed by atoms with Gasteiger partial charge in [0.1, 0.15) is 5.82 Å². The number of hydrogen-bond donors (Lipinski definition) is 4. The Bertz CT molecular complexity index is 839. The summed E-state index contributed by atoms with van der Waals surface area (Å²) in [5.74, 6) is -0.989. The maximum Gasteiger partial charge on any atom is 0.418 e. The summed E-state index contributed by atoms with van der Waals surface area (Å²) < 4.78 is 52.0. The SMILES string of the molecule is Cc1cc(Nc2ccc(F)cc2C(F)(F)F)cnc1CNC(=O)O.NC1CC1. The summed E-state index contributed by atoms with van der Waals surface area (Å²) in [6, 6.07) is 4.43. The van der Waals surface area contributed by atoms with Gasteiger partial charge in [-0.3, -0.25) is 4.98 Å². The molecule has 3 rings (SSSR count). The van der Waals surface area contributed by atoms with Crippen LogP contribution in [0.25, 0.3) is 0 Å². The molecule has 0 atom stereocenters. The minimum atomic E-state index is -4.71. The number of alkyl halides is 3. The number of benzene rings is 1. The molecule has 1 fully saturated rings. The smallest absolute Gasteiger partial charge is 0.418 e. The fourth-order valence-corrected chi connectivity index (χ4v) is 2.13. The van der Waals surface area contributed by atoms with Crippen LogP contribution in [-0.4, -0.2) is 22.2 Å². The molecule has 6 nitrogen and oxygen atoms in total. The van der Waals surface area contributed by atoms with Crippen molar-refractivity contribution in [3.05, 3.63) is 53.1 Å². The number of carboxylic acid groups (broad SMARTS) is 1. The van der Waals surface area contributed by atoms with Gasteiger partial charge >= 0.3 is 12.3 Å². The van der Waals surface area contributed by atoms with E-state index >= 15 is 0 Å². The zero-order chi connectivity index (χ0) is 20.9. The van der Waals surface area contributed by atoms with Crippen molar-refractivity contribution < 1.29 is 27.5 Å². The average molecular weight is 400 g/mol. The van der Waals surface area contributed by atoms with Crippen molar-refractivity contribution in [3.8, 4) is 0 Å². The lowest BCUT2D eigenvalue weighted by atomic mass is 10.1. The lowest BCUT2D eigenvalue weighted by Crippen LogP contribution is -2.21. The van der Waals surface area contributed by atoms with Gasteiger partial charge in [0.25, 0.3) is 0 Å². The van der Waals surface area contributed by atoms with Gasteiger partial charge in [0, 0.05) is 6.04 Å². The molecule has 1 aromatic carbocycles. The van der Waals surface area contributed by atoms with Crippen molar-refractivity contribution in [1.82, 2.24) is 10.3 Å². The molecule has 152 valence electrons. The maximum atomic E-state index is 13.1. The second-order valence-corrected chi connectivity index (χ2v) is 6.30. The third kappa shape index (κ3) is 6.69. The normalized spacial score (nSPS) is 13.4. The van der Waals surface area contributed by atoms with E-state index < -0.39 is 23.7 Å². The number of anilines is 2. The molecule has 0 radical (unpaired) electrons. The number of nitrogens with one attached hydrogen (secondary N) is 2. The number of nitrogens with two attached hydrogens (primary N) is 1. The highest BCUT2D eigenvalue weighted by Gasteiger charge is 2.34. The predicted molar refractivity (Wildman–Crippen MR) is 95.7 cm³/mol. The number of amides is 1. The van der Waals surface area contributed by atoms with E-state index in [-0.39, 0.29) is 17.9 Å². The monoisotopic (exact) mass is 400 g/mol. The molecule has 1 heterocycles. The van der Waals surface area contributed by atoms with E-state index in [0.717, 1.165) is 12.1 Å². The predicted octanol–water partition coefficient (Wildman–Crippen LogP) is 4.17. The molecule has 1 saturated carbocycles. The number of pyridine rings is 1. The Labute approximate surface area is 158 Å². The summed E-state index contributed by atoms with van der Waals surface area (Å²) in [7, 11) is 0. The summed E-state index contributed by atoms with van der Waals surface area (Å²) >= 11 is 0. The van der Waals surface area contributed by atoms with E-state index in [9.17, 15) is 22.4 Å². The maximum absolute atomic E-state index is 13.1. The minimum Gasteiger partial charge on any atom is -0.465 e. The number of halogens is 4. The molecule has 1 aliphatic carbocycles. The van der Waals surface area contributed by atoms with Gasteiger partial charge in [0.05, 0.1) is 35.4 Å². The van der Waals surface area contributed by atoms with Gasteiger partial charge in [-0.2, -0.15) is 13.2 Å². The Balaban J connectivity index is 0.000000620. The molecular weight excluding hydrogens is 380 g/mol. The first-order valence-corrected chi connectivity index (χ1v) is 8.38. The van der Waals surface area contributed by atoms with E-state index in [4.69, 9.17) is 10.8 Å². The number of aryl methyl sites for hydroxylation is 1. The van der Waals surface area contributed by atoms with Crippen LogP contribution >= 0.6 is 0 Å².